The summed E-state index contributed by atoms with van der Waals surface area (Å²) >= 11 is 0. The van der Waals surface area contributed by atoms with Crippen LogP contribution in [0.15, 0.2) is 0 Å². The molecule has 1 saturated heterocycles. The predicted molar refractivity (Wildman–Crippen MR) is 59.4 cm³/mol. The normalized spacial score (nSPS) is 36.4. The van der Waals surface area contributed by atoms with Gasteiger partial charge in [-0.15, -0.1) is 0 Å². The second-order valence-electron chi connectivity index (χ2n) is 4.79. The lowest BCUT2D eigenvalue weighted by molar-refractivity contribution is 0.467. The van der Waals surface area contributed by atoms with E-state index >= 15 is 0 Å². The van der Waals surface area contributed by atoms with Gasteiger partial charge in [0.2, 0.25) is 0 Å². The largest absolute Gasteiger partial charge is 0.315 e. The Labute approximate surface area is 88.6 Å². The van der Waals surface area contributed by atoms with Crippen molar-refractivity contribution >= 4 is 11.0 Å². The van der Waals surface area contributed by atoms with Crippen molar-refractivity contribution in [2.75, 3.05) is 13.1 Å². The molecule has 4 heteroatoms. The molecule has 2 unspecified atom stereocenters. The van der Waals surface area contributed by atoms with E-state index in [9.17, 15) is 4.21 Å². The van der Waals surface area contributed by atoms with Gasteiger partial charge < -0.3 is 5.32 Å². The van der Waals surface area contributed by atoms with Crippen molar-refractivity contribution in [3.63, 3.8) is 0 Å². The van der Waals surface area contributed by atoms with Crippen LogP contribution in [0.5, 0.6) is 0 Å². The predicted octanol–water partition coefficient (Wildman–Crippen LogP) is 0.934. The Balaban J connectivity index is 1.86. The van der Waals surface area contributed by atoms with E-state index in [4.69, 9.17) is 0 Å². The molecule has 1 heterocycles. The fraction of sp³-hybridized carbons (Fsp3) is 1.00. The van der Waals surface area contributed by atoms with Crippen molar-refractivity contribution in [1.29, 1.82) is 0 Å². The van der Waals surface area contributed by atoms with Gasteiger partial charge in [0.1, 0.15) is 0 Å². The molecule has 3 nitrogen and oxygen atoms in total. The molecule has 2 rings (SSSR count). The van der Waals surface area contributed by atoms with E-state index in [1.807, 2.05) is 0 Å². The molecular weight excluding hydrogens is 196 g/mol. The van der Waals surface area contributed by atoms with Gasteiger partial charge >= 0.3 is 0 Å². The minimum atomic E-state index is -0.815. The van der Waals surface area contributed by atoms with Gasteiger partial charge in [0.25, 0.3) is 0 Å². The molecule has 0 amide bonds. The van der Waals surface area contributed by atoms with E-state index < -0.39 is 11.0 Å². The summed E-state index contributed by atoms with van der Waals surface area (Å²) in [7, 11) is -0.815. The van der Waals surface area contributed by atoms with Gasteiger partial charge in [0.15, 0.2) is 0 Å². The number of hydrogen-bond acceptors (Lipinski definition) is 2. The molecule has 0 aromatic rings. The van der Waals surface area contributed by atoms with Crippen LogP contribution < -0.4 is 10.0 Å². The molecule has 2 fully saturated rings. The van der Waals surface area contributed by atoms with E-state index in [0.717, 1.165) is 32.4 Å². The van der Waals surface area contributed by atoms with Crippen molar-refractivity contribution in [3.05, 3.63) is 0 Å². The molecule has 82 valence electrons. The summed E-state index contributed by atoms with van der Waals surface area (Å²) < 4.78 is 15.3. The first-order chi connectivity index (χ1) is 6.70. The standard InChI is InChI=1S/C10H20N2OS/c1-10(6-7-11-8-10)12-14(13)9-4-2-3-5-9/h9,11-12H,2-8H2,1H3. The van der Waals surface area contributed by atoms with Gasteiger partial charge in [0, 0.05) is 17.3 Å². The topological polar surface area (TPSA) is 41.1 Å². The van der Waals surface area contributed by atoms with Crippen molar-refractivity contribution in [2.45, 2.75) is 49.8 Å². The maximum atomic E-state index is 12.0. The van der Waals surface area contributed by atoms with Crippen LogP contribution in [0.25, 0.3) is 0 Å². The minimum absolute atomic E-state index is 0.0629. The number of rotatable bonds is 3. The molecule has 0 aromatic heterocycles. The molecule has 0 aromatic carbocycles. The summed E-state index contributed by atoms with van der Waals surface area (Å²) in [6.07, 6.45) is 5.89. The maximum Gasteiger partial charge on any atom is 0.0952 e. The Kier molecular flexibility index (Phi) is 3.24. The van der Waals surface area contributed by atoms with E-state index in [1.54, 1.807) is 0 Å². The lowest BCUT2D eigenvalue weighted by Crippen LogP contribution is -2.47. The second kappa shape index (κ2) is 4.29. The zero-order valence-electron chi connectivity index (χ0n) is 8.84. The van der Waals surface area contributed by atoms with Crippen molar-refractivity contribution in [2.24, 2.45) is 0 Å². The highest BCUT2D eigenvalue weighted by atomic mass is 32.2. The van der Waals surface area contributed by atoms with Crippen LogP contribution in [0.3, 0.4) is 0 Å². The van der Waals surface area contributed by atoms with E-state index in [1.165, 1.54) is 12.8 Å². The molecule has 1 aliphatic heterocycles. The Bertz CT molecular complexity index is 220. The van der Waals surface area contributed by atoms with Crippen LogP contribution in [0.4, 0.5) is 0 Å². The summed E-state index contributed by atoms with van der Waals surface area (Å²) in [5.74, 6) is 0. The van der Waals surface area contributed by atoms with Crippen LogP contribution in [0.1, 0.15) is 39.0 Å². The maximum absolute atomic E-state index is 12.0. The lowest BCUT2D eigenvalue weighted by atomic mass is 10.0. The highest BCUT2D eigenvalue weighted by Gasteiger charge is 2.32. The Morgan fingerprint density at radius 1 is 1.43 bits per heavy atom. The third kappa shape index (κ3) is 2.35. The van der Waals surface area contributed by atoms with Gasteiger partial charge in [-0.2, -0.15) is 0 Å². The molecule has 2 aliphatic rings. The van der Waals surface area contributed by atoms with E-state index in [0.29, 0.717) is 5.25 Å². The van der Waals surface area contributed by atoms with Gasteiger partial charge in [-0.3, -0.25) is 0 Å². The lowest BCUT2D eigenvalue weighted by Gasteiger charge is -2.25. The monoisotopic (exact) mass is 216 g/mol. The smallest absolute Gasteiger partial charge is 0.0952 e. The highest BCUT2D eigenvalue weighted by molar-refractivity contribution is 7.83. The zero-order chi connectivity index (χ0) is 10.0. The molecule has 2 atom stereocenters. The summed E-state index contributed by atoms with van der Waals surface area (Å²) in [4.78, 5) is 0. The first-order valence-electron chi connectivity index (χ1n) is 5.59. The van der Waals surface area contributed by atoms with Crippen molar-refractivity contribution in [3.8, 4) is 0 Å². The fourth-order valence-electron chi connectivity index (χ4n) is 2.33. The molecule has 1 aliphatic carbocycles. The summed E-state index contributed by atoms with van der Waals surface area (Å²) in [6, 6.07) is 0. The Morgan fingerprint density at radius 2 is 2.14 bits per heavy atom. The van der Waals surface area contributed by atoms with Crippen LogP contribution in [0.2, 0.25) is 0 Å². The summed E-state index contributed by atoms with van der Waals surface area (Å²) in [6.45, 7) is 4.16. The minimum Gasteiger partial charge on any atom is -0.315 e. The van der Waals surface area contributed by atoms with E-state index in [2.05, 4.69) is 17.0 Å². The highest BCUT2D eigenvalue weighted by Crippen LogP contribution is 2.24. The molecule has 0 spiro atoms. The molecule has 1 saturated carbocycles. The average Bonchev–Trinajstić information content (AvgIpc) is 2.74. The van der Waals surface area contributed by atoms with Gasteiger partial charge in [-0.05, 0) is 32.7 Å². The summed E-state index contributed by atoms with van der Waals surface area (Å²) in [5, 5.41) is 3.72. The third-order valence-electron chi connectivity index (χ3n) is 3.32. The third-order valence-corrected chi connectivity index (χ3v) is 5.09. The fourth-order valence-corrected chi connectivity index (χ4v) is 3.92. The van der Waals surface area contributed by atoms with Crippen molar-refractivity contribution < 1.29 is 4.21 Å². The Hall–Kier alpha value is 0.0700. The molecule has 0 bridgehead atoms. The average molecular weight is 216 g/mol. The van der Waals surface area contributed by atoms with Gasteiger partial charge in [-0.1, -0.05) is 12.8 Å². The van der Waals surface area contributed by atoms with Crippen LogP contribution in [-0.4, -0.2) is 28.1 Å². The first-order valence-corrected chi connectivity index (χ1v) is 6.80. The number of hydrogen-bond donors (Lipinski definition) is 2. The molecular formula is C10H20N2OS. The zero-order valence-corrected chi connectivity index (χ0v) is 9.66. The molecule has 0 radical (unpaired) electrons. The van der Waals surface area contributed by atoms with E-state index in [-0.39, 0.29) is 5.54 Å². The SMILES string of the molecule is CC1(NS(=O)C2CCCC2)CCNC1. The van der Waals surface area contributed by atoms with Crippen LogP contribution in [-0.2, 0) is 11.0 Å². The van der Waals surface area contributed by atoms with Crippen LogP contribution in [0, 0.1) is 0 Å². The summed E-state index contributed by atoms with van der Waals surface area (Å²) in [5.41, 5.74) is 0.0629. The molecule has 14 heavy (non-hydrogen) atoms. The number of nitrogens with one attached hydrogen (secondary N) is 2. The van der Waals surface area contributed by atoms with Crippen LogP contribution >= 0.6 is 0 Å². The van der Waals surface area contributed by atoms with Crippen molar-refractivity contribution in [1.82, 2.24) is 10.0 Å². The molecule has 2 N–H and O–H groups in total. The van der Waals surface area contributed by atoms with Gasteiger partial charge in [0.05, 0.1) is 11.0 Å². The Morgan fingerprint density at radius 3 is 2.71 bits per heavy atom. The quantitative estimate of drug-likeness (QED) is 0.737. The van der Waals surface area contributed by atoms with Gasteiger partial charge in [-0.25, -0.2) is 8.93 Å². The first kappa shape index (κ1) is 10.6. The second-order valence-corrected chi connectivity index (χ2v) is 6.26.